The van der Waals surface area contributed by atoms with E-state index in [9.17, 15) is 0 Å². The number of aliphatic imine (C=N–C) groups is 1. The smallest absolute Gasteiger partial charge is 0.118 e. The minimum Gasteiger partial charge on any atom is -0.497 e. The monoisotopic (exact) mass is 400 g/mol. The van der Waals surface area contributed by atoms with Gasteiger partial charge in [0.05, 0.1) is 31.3 Å². The molecule has 4 heteroatoms. The molecule has 0 saturated carbocycles. The van der Waals surface area contributed by atoms with E-state index in [2.05, 4.69) is 54.7 Å². The van der Waals surface area contributed by atoms with Crippen LogP contribution in [0.4, 0.5) is 11.4 Å². The summed E-state index contributed by atoms with van der Waals surface area (Å²) in [5.41, 5.74) is 4.89. The molecule has 4 nitrogen and oxygen atoms in total. The van der Waals surface area contributed by atoms with Crippen molar-refractivity contribution in [1.29, 1.82) is 0 Å². The maximum Gasteiger partial charge on any atom is 0.118 e. The number of nitrogens with zero attached hydrogens (tertiary/aromatic N) is 1. The van der Waals surface area contributed by atoms with Crippen LogP contribution in [0.5, 0.6) is 11.5 Å². The van der Waals surface area contributed by atoms with Crippen molar-refractivity contribution in [3.63, 3.8) is 0 Å². The highest BCUT2D eigenvalue weighted by Gasteiger charge is 2.41. The Hall–Kier alpha value is -3.27. The molecule has 1 aliphatic heterocycles. The zero-order valence-electron chi connectivity index (χ0n) is 17.8. The summed E-state index contributed by atoms with van der Waals surface area (Å²) < 4.78 is 10.8. The zero-order chi connectivity index (χ0) is 21.0. The molecule has 0 radical (unpaired) electrons. The van der Waals surface area contributed by atoms with Crippen LogP contribution in [0.2, 0.25) is 0 Å². The first kappa shape index (κ1) is 20.0. The Morgan fingerprint density at radius 1 is 0.833 bits per heavy atom. The molecule has 0 aromatic heterocycles. The van der Waals surface area contributed by atoms with E-state index >= 15 is 0 Å². The van der Waals surface area contributed by atoms with Crippen molar-refractivity contribution in [1.82, 2.24) is 0 Å². The summed E-state index contributed by atoms with van der Waals surface area (Å²) in [6.07, 6.45) is 3.13. The Bertz CT molecular complexity index is 1030. The largest absolute Gasteiger partial charge is 0.497 e. The van der Waals surface area contributed by atoms with Gasteiger partial charge in [0.15, 0.2) is 0 Å². The number of nitrogens with one attached hydrogen (secondary N) is 1. The number of hydrogen-bond acceptors (Lipinski definition) is 4. The summed E-state index contributed by atoms with van der Waals surface area (Å²) in [7, 11) is 3.38. The molecule has 0 aliphatic carbocycles. The lowest BCUT2D eigenvalue weighted by atomic mass is 9.76. The summed E-state index contributed by atoms with van der Waals surface area (Å²) in [5.74, 6) is 1.69. The van der Waals surface area contributed by atoms with Gasteiger partial charge in [0, 0.05) is 0 Å². The molecule has 0 bridgehead atoms. The van der Waals surface area contributed by atoms with E-state index in [-0.39, 0.29) is 0 Å². The Kier molecular flexibility index (Phi) is 5.75. The van der Waals surface area contributed by atoms with Gasteiger partial charge in [-0.2, -0.15) is 0 Å². The van der Waals surface area contributed by atoms with Crippen LogP contribution in [0, 0.1) is 0 Å². The van der Waals surface area contributed by atoms with Crippen LogP contribution >= 0.6 is 0 Å². The second-order valence-corrected chi connectivity index (χ2v) is 7.57. The molecule has 0 amide bonds. The first-order valence-electron chi connectivity index (χ1n) is 10.5. The van der Waals surface area contributed by atoms with E-state index in [1.165, 1.54) is 5.56 Å². The predicted molar refractivity (Wildman–Crippen MR) is 123 cm³/mol. The zero-order valence-corrected chi connectivity index (χ0v) is 17.8. The number of methoxy groups -OCH3 is 2. The van der Waals surface area contributed by atoms with E-state index < -0.39 is 5.54 Å². The lowest BCUT2D eigenvalue weighted by Crippen LogP contribution is -2.45. The minimum absolute atomic E-state index is 0.425. The van der Waals surface area contributed by atoms with Crippen LogP contribution in [0.1, 0.15) is 37.3 Å². The topological polar surface area (TPSA) is 42.8 Å². The second kappa shape index (κ2) is 8.62. The van der Waals surface area contributed by atoms with Gasteiger partial charge in [-0.05, 0) is 66.1 Å². The third kappa shape index (κ3) is 3.65. The van der Waals surface area contributed by atoms with Crippen LogP contribution in [0.15, 0.2) is 77.8 Å². The van der Waals surface area contributed by atoms with Gasteiger partial charge < -0.3 is 14.8 Å². The van der Waals surface area contributed by atoms with Crippen molar-refractivity contribution in [2.24, 2.45) is 4.99 Å². The fraction of sp³-hybridized carbons (Fsp3) is 0.269. The van der Waals surface area contributed by atoms with E-state index in [0.717, 1.165) is 53.4 Å². The number of fused-ring (bicyclic) bond motifs is 1. The SMILES string of the molecule is CCCC[C@]1(c2ccc(OC)cc2)Nc2ccccc2N=C1c1ccc(OC)cc1. The van der Waals surface area contributed by atoms with Crippen molar-refractivity contribution in [2.75, 3.05) is 19.5 Å². The normalized spacial score (nSPS) is 17.5. The molecule has 4 rings (SSSR count). The lowest BCUT2D eigenvalue weighted by Gasteiger charge is -2.41. The average molecular weight is 401 g/mol. The maximum atomic E-state index is 5.40. The summed E-state index contributed by atoms with van der Waals surface area (Å²) >= 11 is 0. The molecule has 1 heterocycles. The first-order chi connectivity index (χ1) is 14.7. The summed E-state index contributed by atoms with van der Waals surface area (Å²) in [6.45, 7) is 2.22. The van der Waals surface area contributed by atoms with Gasteiger partial charge in [-0.15, -0.1) is 0 Å². The number of benzene rings is 3. The van der Waals surface area contributed by atoms with Crippen molar-refractivity contribution in [2.45, 2.75) is 31.7 Å². The summed E-state index contributed by atoms with van der Waals surface area (Å²) in [5, 5.41) is 3.87. The molecule has 1 aliphatic rings. The van der Waals surface area contributed by atoms with Crippen LogP contribution in [0.25, 0.3) is 0 Å². The molecule has 0 saturated heterocycles. The molecule has 154 valence electrons. The highest BCUT2D eigenvalue weighted by molar-refractivity contribution is 6.13. The van der Waals surface area contributed by atoms with Gasteiger partial charge in [-0.1, -0.05) is 44.0 Å². The molecule has 3 aromatic carbocycles. The van der Waals surface area contributed by atoms with Crippen molar-refractivity contribution >= 4 is 17.1 Å². The number of ether oxygens (including phenoxy) is 2. The summed E-state index contributed by atoms with van der Waals surface area (Å²) in [4.78, 5) is 5.18. The summed E-state index contributed by atoms with van der Waals surface area (Å²) in [6, 6.07) is 24.8. The molecule has 1 N–H and O–H groups in total. The van der Waals surface area contributed by atoms with E-state index in [0.29, 0.717) is 0 Å². The number of hydrogen-bond donors (Lipinski definition) is 1. The number of anilines is 1. The lowest BCUT2D eigenvalue weighted by molar-refractivity contribution is 0.414. The molecule has 1 atom stereocenters. The molecular formula is C26H28N2O2. The Morgan fingerprint density at radius 3 is 2.10 bits per heavy atom. The van der Waals surface area contributed by atoms with Gasteiger partial charge in [-0.25, -0.2) is 4.99 Å². The fourth-order valence-corrected chi connectivity index (χ4v) is 4.09. The fourth-order valence-electron chi connectivity index (χ4n) is 4.09. The third-order valence-corrected chi connectivity index (χ3v) is 5.74. The molecule has 0 spiro atoms. The quantitative estimate of drug-likeness (QED) is 0.503. The first-order valence-corrected chi connectivity index (χ1v) is 10.5. The van der Waals surface area contributed by atoms with Gasteiger partial charge in [-0.3, -0.25) is 0 Å². The van der Waals surface area contributed by atoms with Crippen LogP contribution in [0.3, 0.4) is 0 Å². The van der Waals surface area contributed by atoms with Crippen LogP contribution in [-0.2, 0) is 5.54 Å². The van der Waals surface area contributed by atoms with Crippen LogP contribution in [-0.4, -0.2) is 19.9 Å². The van der Waals surface area contributed by atoms with Gasteiger partial charge >= 0.3 is 0 Å². The minimum atomic E-state index is -0.425. The third-order valence-electron chi connectivity index (χ3n) is 5.74. The molecular weight excluding hydrogens is 372 g/mol. The van der Waals surface area contributed by atoms with Crippen molar-refractivity contribution < 1.29 is 9.47 Å². The van der Waals surface area contributed by atoms with Crippen LogP contribution < -0.4 is 14.8 Å². The predicted octanol–water partition coefficient (Wildman–Crippen LogP) is 6.34. The molecule has 0 fully saturated rings. The molecule has 30 heavy (non-hydrogen) atoms. The van der Waals surface area contributed by atoms with E-state index in [1.54, 1.807) is 14.2 Å². The van der Waals surface area contributed by atoms with Gasteiger partial charge in [0.2, 0.25) is 0 Å². The Balaban J connectivity index is 1.91. The molecule has 0 unspecified atom stereocenters. The molecule has 3 aromatic rings. The van der Waals surface area contributed by atoms with E-state index in [1.807, 2.05) is 30.3 Å². The highest BCUT2D eigenvalue weighted by Crippen LogP contribution is 2.43. The number of rotatable bonds is 7. The average Bonchev–Trinajstić information content (AvgIpc) is 2.82. The second-order valence-electron chi connectivity index (χ2n) is 7.57. The standard InChI is InChI=1S/C26H28N2O2/c1-4-5-18-26(20-12-16-22(30-3)17-13-20)25(19-10-14-21(29-2)15-11-19)27-23-8-6-7-9-24(23)28-26/h6-17,28H,4-5,18H2,1-3H3/t26-/m1/s1. The Morgan fingerprint density at radius 2 is 1.47 bits per heavy atom. The highest BCUT2D eigenvalue weighted by atomic mass is 16.5. The van der Waals surface area contributed by atoms with Crippen molar-refractivity contribution in [3.05, 3.63) is 83.9 Å². The van der Waals surface area contributed by atoms with Crippen molar-refractivity contribution in [3.8, 4) is 11.5 Å². The maximum absolute atomic E-state index is 5.40. The number of unbranched alkanes of at least 4 members (excludes halogenated alkanes) is 1. The van der Waals surface area contributed by atoms with Gasteiger partial charge in [0.25, 0.3) is 0 Å². The number of para-hydroxylation sites is 2. The van der Waals surface area contributed by atoms with Gasteiger partial charge in [0.1, 0.15) is 17.0 Å². The van der Waals surface area contributed by atoms with E-state index in [4.69, 9.17) is 14.5 Å². The Labute approximate surface area is 178 Å².